The van der Waals surface area contributed by atoms with Crippen LogP contribution < -0.4 is 9.64 Å². The van der Waals surface area contributed by atoms with Crippen LogP contribution in [0, 0.1) is 0 Å². The first kappa shape index (κ1) is 18.8. The molecule has 0 unspecified atom stereocenters. The average molecular weight is 322 g/mol. The number of hydrogen-bond acceptors (Lipinski definition) is 4. The van der Waals surface area contributed by atoms with Crippen LogP contribution in [0.15, 0.2) is 18.2 Å². The van der Waals surface area contributed by atoms with Gasteiger partial charge in [0.05, 0.1) is 13.5 Å². The van der Waals surface area contributed by atoms with Gasteiger partial charge in [0, 0.05) is 32.4 Å². The van der Waals surface area contributed by atoms with Gasteiger partial charge in [0.15, 0.2) is 0 Å². The van der Waals surface area contributed by atoms with E-state index in [-0.39, 0.29) is 12.3 Å². The average Bonchev–Trinajstić information content (AvgIpc) is 2.44. The fraction of sp³-hybridized carbons (Fsp3) is 0.529. The Bertz CT molecular complexity index is 576. The summed E-state index contributed by atoms with van der Waals surface area (Å²) in [7, 11) is 6.58. The highest BCUT2D eigenvalue weighted by Crippen LogP contribution is 2.26. The number of amides is 2. The summed E-state index contributed by atoms with van der Waals surface area (Å²) in [5, 5.41) is 0. The normalized spacial score (nSPS) is 10.9. The molecular formula is C17H26N2O4. The maximum Gasteiger partial charge on any atom is 0.414 e. The van der Waals surface area contributed by atoms with E-state index in [0.29, 0.717) is 11.4 Å². The van der Waals surface area contributed by atoms with E-state index in [2.05, 4.69) is 0 Å². The first-order chi connectivity index (χ1) is 10.5. The number of hydrogen-bond donors (Lipinski definition) is 0. The molecule has 0 aromatic heterocycles. The topological polar surface area (TPSA) is 59.1 Å². The molecule has 0 aliphatic rings. The quantitative estimate of drug-likeness (QED) is 0.855. The van der Waals surface area contributed by atoms with Crippen molar-refractivity contribution in [3.05, 3.63) is 23.8 Å². The van der Waals surface area contributed by atoms with E-state index in [1.807, 2.05) is 20.8 Å². The molecule has 0 fully saturated rings. The summed E-state index contributed by atoms with van der Waals surface area (Å²) in [5.41, 5.74) is 0.794. The zero-order valence-corrected chi connectivity index (χ0v) is 15.0. The Kier molecular flexibility index (Phi) is 6.01. The van der Waals surface area contributed by atoms with Crippen LogP contribution in [0.25, 0.3) is 0 Å². The fourth-order valence-corrected chi connectivity index (χ4v) is 1.87. The molecule has 128 valence electrons. The second-order valence-electron chi connectivity index (χ2n) is 6.50. The Morgan fingerprint density at radius 3 is 2.22 bits per heavy atom. The molecule has 0 radical (unpaired) electrons. The van der Waals surface area contributed by atoms with E-state index >= 15 is 0 Å². The third kappa shape index (κ3) is 5.47. The lowest BCUT2D eigenvalue weighted by molar-refractivity contribution is -0.127. The first-order valence-corrected chi connectivity index (χ1v) is 7.39. The predicted octanol–water partition coefficient (Wildman–Crippen LogP) is 2.70. The standard InChI is InChI=1S/C17H26N2O4/c1-17(2,3)23-16(21)19(6)13-8-9-14(22-7)12(10-13)11-15(20)18(4)5/h8-10H,11H2,1-7H3. The molecule has 0 N–H and O–H groups in total. The molecule has 1 aromatic rings. The number of carbonyl (C=O) groups excluding carboxylic acids is 2. The molecule has 6 nitrogen and oxygen atoms in total. The third-order valence-corrected chi connectivity index (χ3v) is 3.16. The van der Waals surface area contributed by atoms with Crippen molar-refractivity contribution in [2.75, 3.05) is 33.2 Å². The summed E-state index contributed by atoms with van der Waals surface area (Å²) < 4.78 is 10.6. The van der Waals surface area contributed by atoms with Crippen molar-refractivity contribution in [3.63, 3.8) is 0 Å². The minimum atomic E-state index is -0.568. The SMILES string of the molecule is COc1ccc(N(C)C(=O)OC(C)(C)C)cc1CC(=O)N(C)C. The van der Waals surface area contributed by atoms with Gasteiger partial charge in [0.1, 0.15) is 11.4 Å². The number of likely N-dealkylation sites (N-methyl/N-ethyl adjacent to an activating group) is 1. The number of rotatable bonds is 4. The molecule has 0 saturated heterocycles. The van der Waals surface area contributed by atoms with E-state index in [9.17, 15) is 9.59 Å². The Balaban J connectivity index is 3.04. The smallest absolute Gasteiger partial charge is 0.414 e. The van der Waals surface area contributed by atoms with Crippen LogP contribution in [0.4, 0.5) is 10.5 Å². The lowest BCUT2D eigenvalue weighted by Gasteiger charge is -2.25. The predicted molar refractivity (Wildman–Crippen MR) is 90.0 cm³/mol. The summed E-state index contributed by atoms with van der Waals surface area (Å²) in [5.74, 6) is 0.571. The Morgan fingerprint density at radius 1 is 1.13 bits per heavy atom. The zero-order chi connectivity index (χ0) is 17.8. The minimum Gasteiger partial charge on any atom is -0.496 e. The van der Waals surface area contributed by atoms with Gasteiger partial charge in [-0.2, -0.15) is 0 Å². The van der Waals surface area contributed by atoms with Gasteiger partial charge in [-0.05, 0) is 39.0 Å². The van der Waals surface area contributed by atoms with E-state index < -0.39 is 11.7 Å². The molecule has 1 aromatic carbocycles. The van der Waals surface area contributed by atoms with Crippen molar-refractivity contribution in [2.45, 2.75) is 32.8 Å². The molecule has 6 heteroatoms. The molecule has 0 aliphatic carbocycles. The largest absolute Gasteiger partial charge is 0.496 e. The van der Waals surface area contributed by atoms with Gasteiger partial charge in [-0.1, -0.05) is 0 Å². The molecule has 0 heterocycles. The van der Waals surface area contributed by atoms with E-state index in [1.165, 1.54) is 9.80 Å². The highest BCUT2D eigenvalue weighted by Gasteiger charge is 2.21. The number of nitrogens with zero attached hydrogens (tertiary/aromatic N) is 2. The highest BCUT2D eigenvalue weighted by molar-refractivity contribution is 5.88. The summed E-state index contributed by atoms with van der Waals surface area (Å²) >= 11 is 0. The number of carbonyl (C=O) groups is 2. The third-order valence-electron chi connectivity index (χ3n) is 3.16. The van der Waals surface area contributed by atoms with Crippen LogP contribution in [0.3, 0.4) is 0 Å². The van der Waals surface area contributed by atoms with Gasteiger partial charge in [-0.3, -0.25) is 9.69 Å². The number of benzene rings is 1. The van der Waals surface area contributed by atoms with Gasteiger partial charge < -0.3 is 14.4 Å². The summed E-state index contributed by atoms with van der Waals surface area (Å²) in [4.78, 5) is 27.0. The van der Waals surface area contributed by atoms with Gasteiger partial charge >= 0.3 is 6.09 Å². The lowest BCUT2D eigenvalue weighted by atomic mass is 10.1. The second-order valence-corrected chi connectivity index (χ2v) is 6.50. The molecule has 0 atom stereocenters. The van der Waals surface area contributed by atoms with Crippen molar-refractivity contribution in [2.24, 2.45) is 0 Å². The minimum absolute atomic E-state index is 0.0413. The molecule has 0 spiro atoms. The molecule has 23 heavy (non-hydrogen) atoms. The molecule has 2 amide bonds. The van der Waals surface area contributed by atoms with E-state index in [0.717, 1.165) is 5.56 Å². The van der Waals surface area contributed by atoms with Crippen molar-refractivity contribution < 1.29 is 19.1 Å². The van der Waals surface area contributed by atoms with Crippen LogP contribution in [-0.4, -0.2) is 50.8 Å². The van der Waals surface area contributed by atoms with Crippen molar-refractivity contribution in [1.29, 1.82) is 0 Å². The van der Waals surface area contributed by atoms with Crippen molar-refractivity contribution >= 4 is 17.7 Å². The number of methoxy groups -OCH3 is 1. The lowest BCUT2D eigenvalue weighted by Crippen LogP contribution is -2.34. The zero-order valence-electron chi connectivity index (χ0n) is 15.0. The first-order valence-electron chi connectivity index (χ1n) is 7.39. The van der Waals surface area contributed by atoms with Gasteiger partial charge in [0.2, 0.25) is 5.91 Å². The molecule has 0 aliphatic heterocycles. The molecule has 0 bridgehead atoms. The van der Waals surface area contributed by atoms with E-state index in [4.69, 9.17) is 9.47 Å². The summed E-state index contributed by atoms with van der Waals surface area (Å²) in [6.45, 7) is 5.44. The maximum absolute atomic E-state index is 12.2. The molecular weight excluding hydrogens is 296 g/mol. The Morgan fingerprint density at radius 2 is 1.74 bits per heavy atom. The number of ether oxygens (including phenoxy) is 2. The second kappa shape index (κ2) is 7.35. The van der Waals surface area contributed by atoms with Crippen LogP contribution >= 0.6 is 0 Å². The van der Waals surface area contributed by atoms with Gasteiger partial charge in [-0.25, -0.2) is 4.79 Å². The summed E-state index contributed by atoms with van der Waals surface area (Å²) in [6, 6.07) is 5.27. The van der Waals surface area contributed by atoms with Crippen molar-refractivity contribution in [3.8, 4) is 5.75 Å². The Labute approximate surface area is 138 Å². The van der Waals surface area contributed by atoms with Crippen LogP contribution in [0.2, 0.25) is 0 Å². The van der Waals surface area contributed by atoms with Gasteiger partial charge in [-0.15, -0.1) is 0 Å². The molecule has 1 rings (SSSR count). The monoisotopic (exact) mass is 322 g/mol. The van der Waals surface area contributed by atoms with E-state index in [1.54, 1.807) is 46.5 Å². The van der Waals surface area contributed by atoms with Crippen LogP contribution in [0.5, 0.6) is 5.75 Å². The highest BCUT2D eigenvalue weighted by atomic mass is 16.6. The van der Waals surface area contributed by atoms with Crippen LogP contribution in [-0.2, 0) is 16.0 Å². The maximum atomic E-state index is 12.2. The summed E-state index contributed by atoms with van der Waals surface area (Å²) in [6.07, 6.45) is -0.251. The van der Waals surface area contributed by atoms with Crippen molar-refractivity contribution in [1.82, 2.24) is 4.90 Å². The fourth-order valence-electron chi connectivity index (χ4n) is 1.87. The van der Waals surface area contributed by atoms with Crippen LogP contribution in [0.1, 0.15) is 26.3 Å². The molecule has 0 saturated carbocycles. The number of anilines is 1. The Hall–Kier alpha value is -2.24. The van der Waals surface area contributed by atoms with Gasteiger partial charge in [0.25, 0.3) is 0 Å².